The maximum absolute atomic E-state index is 11.7. The van der Waals surface area contributed by atoms with E-state index in [1.54, 1.807) is 0 Å². The van der Waals surface area contributed by atoms with Gasteiger partial charge in [0.05, 0.1) is 6.04 Å². The Morgan fingerprint density at radius 1 is 1.43 bits per heavy atom. The van der Waals surface area contributed by atoms with E-state index in [1.165, 1.54) is 0 Å². The van der Waals surface area contributed by atoms with Crippen LogP contribution in [-0.2, 0) is 9.59 Å². The van der Waals surface area contributed by atoms with Crippen molar-refractivity contribution in [3.63, 3.8) is 0 Å². The molecular formula is C11H17NO2. The molecule has 14 heavy (non-hydrogen) atoms. The summed E-state index contributed by atoms with van der Waals surface area (Å²) in [5.41, 5.74) is 0. The van der Waals surface area contributed by atoms with Crippen molar-refractivity contribution < 1.29 is 9.59 Å². The van der Waals surface area contributed by atoms with Crippen LogP contribution in [0.25, 0.3) is 0 Å². The minimum absolute atomic E-state index is 0.142. The Hall–Kier alpha value is -0.860. The van der Waals surface area contributed by atoms with E-state index in [4.69, 9.17) is 0 Å². The summed E-state index contributed by atoms with van der Waals surface area (Å²) in [4.78, 5) is 24.4. The molecule has 0 aromatic rings. The van der Waals surface area contributed by atoms with Gasteiger partial charge in [-0.15, -0.1) is 0 Å². The van der Waals surface area contributed by atoms with E-state index in [-0.39, 0.29) is 11.9 Å². The summed E-state index contributed by atoms with van der Waals surface area (Å²) in [7, 11) is 0. The highest BCUT2D eigenvalue weighted by atomic mass is 16.2. The fourth-order valence-corrected chi connectivity index (χ4v) is 2.86. The minimum atomic E-state index is -0.142. The molecular weight excluding hydrogens is 178 g/mol. The van der Waals surface area contributed by atoms with Gasteiger partial charge in [0, 0.05) is 12.5 Å². The van der Waals surface area contributed by atoms with E-state index < -0.39 is 0 Å². The molecule has 2 aliphatic rings. The van der Waals surface area contributed by atoms with Crippen LogP contribution in [0, 0.1) is 5.92 Å². The fourth-order valence-electron chi connectivity index (χ4n) is 2.86. The molecule has 0 aromatic carbocycles. The first-order chi connectivity index (χ1) is 6.72. The molecule has 2 heterocycles. The van der Waals surface area contributed by atoms with Gasteiger partial charge in [-0.3, -0.25) is 4.79 Å². The van der Waals surface area contributed by atoms with Crippen molar-refractivity contribution >= 4 is 12.2 Å². The normalized spacial score (nSPS) is 37.9. The van der Waals surface area contributed by atoms with Gasteiger partial charge in [0.25, 0.3) is 0 Å². The SMILES string of the molecule is CC1CC(C=O)N2C(=O)CCCC2C1. The van der Waals surface area contributed by atoms with Crippen molar-refractivity contribution in [3.8, 4) is 0 Å². The molecule has 0 aliphatic carbocycles. The van der Waals surface area contributed by atoms with E-state index in [9.17, 15) is 9.59 Å². The molecule has 78 valence electrons. The van der Waals surface area contributed by atoms with Crippen LogP contribution in [0.2, 0.25) is 0 Å². The lowest BCUT2D eigenvalue weighted by Crippen LogP contribution is -2.54. The van der Waals surface area contributed by atoms with Crippen molar-refractivity contribution in [2.24, 2.45) is 5.92 Å². The van der Waals surface area contributed by atoms with E-state index in [0.717, 1.165) is 32.0 Å². The Labute approximate surface area is 84.5 Å². The van der Waals surface area contributed by atoms with Crippen molar-refractivity contribution in [1.82, 2.24) is 4.90 Å². The van der Waals surface area contributed by atoms with Gasteiger partial charge in [-0.25, -0.2) is 0 Å². The number of piperidine rings is 2. The van der Waals surface area contributed by atoms with Crippen LogP contribution in [0.15, 0.2) is 0 Å². The molecule has 0 spiro atoms. The van der Waals surface area contributed by atoms with Gasteiger partial charge >= 0.3 is 0 Å². The maximum Gasteiger partial charge on any atom is 0.223 e. The third-order valence-electron chi connectivity index (χ3n) is 3.44. The summed E-state index contributed by atoms with van der Waals surface area (Å²) in [5, 5.41) is 0. The number of carbonyl (C=O) groups excluding carboxylic acids is 2. The first-order valence-corrected chi connectivity index (χ1v) is 5.49. The zero-order valence-corrected chi connectivity index (χ0v) is 8.61. The van der Waals surface area contributed by atoms with Gasteiger partial charge in [0.1, 0.15) is 6.29 Å². The average Bonchev–Trinajstić information content (AvgIpc) is 2.16. The summed E-state index contributed by atoms with van der Waals surface area (Å²) in [5.74, 6) is 0.766. The second kappa shape index (κ2) is 3.71. The predicted molar refractivity (Wildman–Crippen MR) is 52.7 cm³/mol. The molecule has 3 unspecified atom stereocenters. The van der Waals surface area contributed by atoms with Crippen LogP contribution in [0.4, 0.5) is 0 Å². The zero-order chi connectivity index (χ0) is 10.1. The largest absolute Gasteiger partial charge is 0.330 e. The lowest BCUT2D eigenvalue weighted by atomic mass is 9.83. The van der Waals surface area contributed by atoms with Crippen LogP contribution in [0.3, 0.4) is 0 Å². The molecule has 2 rings (SSSR count). The highest BCUT2D eigenvalue weighted by Gasteiger charge is 2.38. The molecule has 3 atom stereocenters. The third-order valence-corrected chi connectivity index (χ3v) is 3.44. The highest BCUT2D eigenvalue weighted by Crippen LogP contribution is 2.33. The summed E-state index contributed by atoms with van der Waals surface area (Å²) < 4.78 is 0. The third kappa shape index (κ3) is 1.56. The number of fused-ring (bicyclic) bond motifs is 1. The molecule has 2 saturated heterocycles. The first kappa shape index (κ1) is 9.69. The Balaban J connectivity index is 2.17. The molecule has 3 nitrogen and oxygen atoms in total. The van der Waals surface area contributed by atoms with Crippen molar-refractivity contribution in [2.75, 3.05) is 0 Å². The lowest BCUT2D eigenvalue weighted by molar-refractivity contribution is -0.145. The van der Waals surface area contributed by atoms with Gasteiger partial charge in [-0.2, -0.15) is 0 Å². The quantitative estimate of drug-likeness (QED) is 0.592. The van der Waals surface area contributed by atoms with Crippen LogP contribution < -0.4 is 0 Å². The lowest BCUT2D eigenvalue weighted by Gasteiger charge is -2.45. The average molecular weight is 195 g/mol. The summed E-state index contributed by atoms with van der Waals surface area (Å²) in [6.45, 7) is 2.17. The second-order valence-corrected chi connectivity index (χ2v) is 4.63. The second-order valence-electron chi connectivity index (χ2n) is 4.63. The van der Waals surface area contributed by atoms with Crippen LogP contribution >= 0.6 is 0 Å². The number of rotatable bonds is 1. The Morgan fingerprint density at radius 2 is 2.21 bits per heavy atom. The van der Waals surface area contributed by atoms with Gasteiger partial charge in [-0.1, -0.05) is 6.92 Å². The molecule has 0 aromatic heterocycles. The first-order valence-electron chi connectivity index (χ1n) is 5.49. The topological polar surface area (TPSA) is 37.4 Å². The molecule has 2 fully saturated rings. The number of aldehydes is 1. The predicted octanol–water partition coefficient (Wildman–Crippen LogP) is 1.36. The van der Waals surface area contributed by atoms with Gasteiger partial charge in [0.15, 0.2) is 0 Å². The molecule has 0 N–H and O–H groups in total. The standard InChI is InChI=1S/C11H17NO2/c1-8-5-9-3-2-4-11(14)12(9)10(6-8)7-13/h7-10H,2-6H2,1H3. The summed E-state index contributed by atoms with van der Waals surface area (Å²) >= 11 is 0. The maximum atomic E-state index is 11.7. The molecule has 0 saturated carbocycles. The Kier molecular flexibility index (Phi) is 2.57. The van der Waals surface area contributed by atoms with E-state index in [1.807, 2.05) is 4.90 Å². The number of amides is 1. The van der Waals surface area contributed by atoms with Gasteiger partial charge in [-0.05, 0) is 31.6 Å². The smallest absolute Gasteiger partial charge is 0.223 e. The van der Waals surface area contributed by atoms with E-state index in [0.29, 0.717) is 18.4 Å². The van der Waals surface area contributed by atoms with E-state index >= 15 is 0 Å². The molecule has 0 radical (unpaired) electrons. The summed E-state index contributed by atoms with van der Waals surface area (Å²) in [6, 6.07) is 0.201. The zero-order valence-electron chi connectivity index (χ0n) is 8.61. The van der Waals surface area contributed by atoms with Crippen molar-refractivity contribution in [1.29, 1.82) is 0 Å². The number of carbonyl (C=O) groups is 2. The molecule has 2 aliphatic heterocycles. The Bertz CT molecular complexity index is 252. The number of hydrogen-bond acceptors (Lipinski definition) is 2. The van der Waals surface area contributed by atoms with Crippen LogP contribution in [-0.4, -0.2) is 29.2 Å². The number of nitrogens with zero attached hydrogens (tertiary/aromatic N) is 1. The van der Waals surface area contributed by atoms with Gasteiger partial charge in [0.2, 0.25) is 5.91 Å². The molecule has 1 amide bonds. The summed E-state index contributed by atoms with van der Waals surface area (Å²) in [6.07, 6.45) is 5.60. The Morgan fingerprint density at radius 3 is 2.93 bits per heavy atom. The number of hydrogen-bond donors (Lipinski definition) is 0. The molecule has 3 heteroatoms. The van der Waals surface area contributed by atoms with Crippen LogP contribution in [0.5, 0.6) is 0 Å². The van der Waals surface area contributed by atoms with Gasteiger partial charge < -0.3 is 9.69 Å². The van der Waals surface area contributed by atoms with E-state index in [2.05, 4.69) is 6.92 Å². The highest BCUT2D eigenvalue weighted by molar-refractivity contribution is 5.81. The van der Waals surface area contributed by atoms with Crippen molar-refractivity contribution in [2.45, 2.75) is 51.1 Å². The van der Waals surface area contributed by atoms with Crippen LogP contribution in [0.1, 0.15) is 39.0 Å². The minimum Gasteiger partial charge on any atom is -0.330 e. The molecule has 0 bridgehead atoms. The monoisotopic (exact) mass is 195 g/mol. The van der Waals surface area contributed by atoms with Crippen molar-refractivity contribution in [3.05, 3.63) is 0 Å². The fraction of sp³-hybridized carbons (Fsp3) is 0.818.